The van der Waals surface area contributed by atoms with Gasteiger partial charge in [0.05, 0.1) is 30.3 Å². The van der Waals surface area contributed by atoms with Crippen molar-refractivity contribution in [2.75, 3.05) is 23.9 Å². The number of carbonyl (C=O) groups is 2. The maximum absolute atomic E-state index is 12.5. The Balaban J connectivity index is 1.74. The van der Waals surface area contributed by atoms with E-state index in [0.717, 1.165) is 5.56 Å². The summed E-state index contributed by atoms with van der Waals surface area (Å²) in [6.45, 7) is 2.25. The van der Waals surface area contributed by atoms with Crippen molar-refractivity contribution in [3.05, 3.63) is 53.6 Å². The third-order valence-corrected chi connectivity index (χ3v) is 4.40. The van der Waals surface area contributed by atoms with Crippen molar-refractivity contribution in [3.8, 4) is 11.8 Å². The van der Waals surface area contributed by atoms with E-state index in [4.69, 9.17) is 10.00 Å². The smallest absolute Gasteiger partial charge is 0.229 e. The molecule has 1 heterocycles. The number of methoxy groups -OCH3 is 1. The van der Waals surface area contributed by atoms with Crippen molar-refractivity contribution in [2.24, 2.45) is 5.92 Å². The number of rotatable bonds is 4. The molecule has 1 saturated heterocycles. The Morgan fingerprint density at radius 3 is 2.65 bits per heavy atom. The first kappa shape index (κ1) is 17.5. The highest BCUT2D eigenvalue weighted by atomic mass is 16.5. The minimum Gasteiger partial charge on any atom is -0.495 e. The molecule has 0 bridgehead atoms. The van der Waals surface area contributed by atoms with Crippen molar-refractivity contribution < 1.29 is 14.3 Å². The zero-order valence-corrected chi connectivity index (χ0v) is 14.7. The van der Waals surface area contributed by atoms with Crippen LogP contribution in [0.5, 0.6) is 5.75 Å². The maximum Gasteiger partial charge on any atom is 0.229 e. The lowest BCUT2D eigenvalue weighted by atomic mass is 10.1. The van der Waals surface area contributed by atoms with E-state index >= 15 is 0 Å². The van der Waals surface area contributed by atoms with E-state index in [1.807, 2.05) is 31.2 Å². The molecular weight excluding hydrogens is 330 g/mol. The molecule has 1 atom stereocenters. The van der Waals surface area contributed by atoms with Crippen LogP contribution in [0.25, 0.3) is 0 Å². The summed E-state index contributed by atoms with van der Waals surface area (Å²) < 4.78 is 5.35. The molecule has 1 aliphatic heterocycles. The third kappa shape index (κ3) is 3.52. The first-order valence-corrected chi connectivity index (χ1v) is 8.28. The molecule has 1 unspecified atom stereocenters. The van der Waals surface area contributed by atoms with Crippen LogP contribution in [0.1, 0.15) is 17.5 Å². The van der Waals surface area contributed by atoms with E-state index in [1.54, 1.807) is 36.3 Å². The standard InChI is InChI=1S/C20H19N3O3/c1-13-3-8-18(26-2)17(9-13)23-12-15(10-19(23)24)20(25)22-16-6-4-14(11-21)5-7-16/h3-9,15H,10,12H2,1-2H3,(H,22,25). The number of aryl methyl sites for hydroxylation is 1. The maximum atomic E-state index is 12.5. The SMILES string of the molecule is COc1ccc(C)cc1N1CC(C(=O)Nc2ccc(C#N)cc2)CC1=O. The van der Waals surface area contributed by atoms with Crippen LogP contribution in [0.3, 0.4) is 0 Å². The third-order valence-electron chi connectivity index (χ3n) is 4.40. The fourth-order valence-corrected chi connectivity index (χ4v) is 3.00. The lowest BCUT2D eigenvalue weighted by molar-refractivity contribution is -0.122. The summed E-state index contributed by atoms with van der Waals surface area (Å²) in [7, 11) is 1.56. The minimum atomic E-state index is -0.441. The predicted octanol–water partition coefficient (Wildman–Crippen LogP) is 2.87. The Kier molecular flexibility index (Phi) is 4.90. The van der Waals surface area contributed by atoms with Gasteiger partial charge in [-0.2, -0.15) is 5.26 Å². The highest BCUT2D eigenvalue weighted by Gasteiger charge is 2.36. The number of nitrogens with zero attached hydrogens (tertiary/aromatic N) is 2. The number of hydrogen-bond acceptors (Lipinski definition) is 4. The molecule has 132 valence electrons. The van der Waals surface area contributed by atoms with Crippen molar-refractivity contribution in [1.29, 1.82) is 5.26 Å². The molecule has 26 heavy (non-hydrogen) atoms. The van der Waals surface area contributed by atoms with Gasteiger partial charge < -0.3 is 15.0 Å². The van der Waals surface area contributed by atoms with Crippen LogP contribution in [0.2, 0.25) is 0 Å². The fourth-order valence-electron chi connectivity index (χ4n) is 3.00. The number of amides is 2. The second-order valence-electron chi connectivity index (χ2n) is 6.26. The number of ether oxygens (including phenoxy) is 1. The molecule has 0 radical (unpaired) electrons. The quantitative estimate of drug-likeness (QED) is 0.920. The minimum absolute atomic E-state index is 0.103. The molecule has 1 fully saturated rings. The molecule has 6 heteroatoms. The summed E-state index contributed by atoms with van der Waals surface area (Å²) in [4.78, 5) is 26.6. The van der Waals surface area contributed by atoms with Crippen LogP contribution in [-0.2, 0) is 9.59 Å². The van der Waals surface area contributed by atoms with E-state index < -0.39 is 5.92 Å². The number of benzene rings is 2. The summed E-state index contributed by atoms with van der Waals surface area (Å²) in [5.74, 6) is -0.147. The number of nitriles is 1. The number of nitrogens with one attached hydrogen (secondary N) is 1. The second kappa shape index (κ2) is 7.28. The Labute approximate surface area is 152 Å². The predicted molar refractivity (Wildman–Crippen MR) is 98.0 cm³/mol. The van der Waals surface area contributed by atoms with Crippen molar-refractivity contribution >= 4 is 23.2 Å². The molecule has 0 spiro atoms. The van der Waals surface area contributed by atoms with Crippen molar-refractivity contribution in [1.82, 2.24) is 0 Å². The zero-order valence-electron chi connectivity index (χ0n) is 14.7. The monoisotopic (exact) mass is 349 g/mol. The molecule has 1 aliphatic rings. The van der Waals surface area contributed by atoms with Gasteiger partial charge in [0.25, 0.3) is 0 Å². The van der Waals surface area contributed by atoms with Crippen LogP contribution >= 0.6 is 0 Å². The van der Waals surface area contributed by atoms with Gasteiger partial charge in [-0.15, -0.1) is 0 Å². The van der Waals surface area contributed by atoms with Gasteiger partial charge in [-0.1, -0.05) is 6.07 Å². The average Bonchev–Trinajstić information content (AvgIpc) is 3.04. The van der Waals surface area contributed by atoms with Gasteiger partial charge in [-0.25, -0.2) is 0 Å². The van der Waals surface area contributed by atoms with Crippen LogP contribution in [0.15, 0.2) is 42.5 Å². The van der Waals surface area contributed by atoms with E-state index in [0.29, 0.717) is 29.2 Å². The van der Waals surface area contributed by atoms with Crippen LogP contribution in [0, 0.1) is 24.2 Å². The van der Waals surface area contributed by atoms with Gasteiger partial charge >= 0.3 is 0 Å². The molecular formula is C20H19N3O3. The molecule has 0 saturated carbocycles. The largest absolute Gasteiger partial charge is 0.495 e. The second-order valence-corrected chi connectivity index (χ2v) is 6.26. The van der Waals surface area contributed by atoms with E-state index in [2.05, 4.69) is 5.32 Å². The first-order valence-electron chi connectivity index (χ1n) is 8.28. The summed E-state index contributed by atoms with van der Waals surface area (Å²) in [6.07, 6.45) is 0.152. The molecule has 0 aliphatic carbocycles. The Morgan fingerprint density at radius 1 is 1.27 bits per heavy atom. The topological polar surface area (TPSA) is 82.4 Å². The van der Waals surface area contributed by atoms with Gasteiger partial charge in [0, 0.05) is 18.7 Å². The van der Waals surface area contributed by atoms with Crippen molar-refractivity contribution in [2.45, 2.75) is 13.3 Å². The highest BCUT2D eigenvalue weighted by molar-refractivity contribution is 6.04. The molecule has 2 aromatic rings. The first-order chi connectivity index (χ1) is 12.5. The van der Waals surface area contributed by atoms with Crippen LogP contribution in [-0.4, -0.2) is 25.5 Å². The zero-order chi connectivity index (χ0) is 18.7. The highest BCUT2D eigenvalue weighted by Crippen LogP contribution is 2.34. The Hall–Kier alpha value is -3.33. The summed E-state index contributed by atoms with van der Waals surface area (Å²) in [5.41, 5.74) is 2.83. The normalized spacial score (nSPS) is 16.3. The lowest BCUT2D eigenvalue weighted by Crippen LogP contribution is -2.28. The molecule has 0 aromatic heterocycles. The molecule has 6 nitrogen and oxygen atoms in total. The van der Waals surface area contributed by atoms with Crippen LogP contribution in [0.4, 0.5) is 11.4 Å². The molecule has 2 aromatic carbocycles. The van der Waals surface area contributed by atoms with E-state index in [-0.39, 0.29) is 18.2 Å². The Morgan fingerprint density at radius 2 is 2.00 bits per heavy atom. The average molecular weight is 349 g/mol. The molecule has 3 rings (SSSR count). The van der Waals surface area contributed by atoms with Crippen LogP contribution < -0.4 is 15.0 Å². The van der Waals surface area contributed by atoms with E-state index in [1.165, 1.54) is 0 Å². The summed E-state index contributed by atoms with van der Waals surface area (Å²) >= 11 is 0. The summed E-state index contributed by atoms with van der Waals surface area (Å²) in [6, 6.07) is 14.3. The fraction of sp³-hybridized carbons (Fsp3) is 0.250. The lowest BCUT2D eigenvalue weighted by Gasteiger charge is -2.20. The number of hydrogen-bond donors (Lipinski definition) is 1. The summed E-state index contributed by atoms with van der Waals surface area (Å²) in [5, 5.41) is 11.6. The van der Waals surface area contributed by atoms with Gasteiger partial charge in [0.15, 0.2) is 0 Å². The number of anilines is 2. The molecule has 1 N–H and O–H groups in total. The Bertz CT molecular complexity index is 884. The number of carbonyl (C=O) groups excluding carboxylic acids is 2. The molecule has 2 amide bonds. The van der Waals surface area contributed by atoms with Crippen molar-refractivity contribution in [3.63, 3.8) is 0 Å². The van der Waals surface area contributed by atoms with Gasteiger partial charge in [0.2, 0.25) is 11.8 Å². The van der Waals surface area contributed by atoms with E-state index in [9.17, 15) is 9.59 Å². The van der Waals surface area contributed by atoms with Gasteiger partial charge in [-0.05, 0) is 48.9 Å². The van der Waals surface area contributed by atoms with Gasteiger partial charge in [-0.3, -0.25) is 9.59 Å². The van der Waals surface area contributed by atoms with Gasteiger partial charge in [0.1, 0.15) is 5.75 Å².